The number of rotatable bonds is 1. The van der Waals surface area contributed by atoms with Crippen molar-refractivity contribution in [1.82, 2.24) is 0 Å². The molecule has 2 heteroatoms. The summed E-state index contributed by atoms with van der Waals surface area (Å²) in [7, 11) is 0. The van der Waals surface area contributed by atoms with E-state index in [1.807, 2.05) is 36.4 Å². The summed E-state index contributed by atoms with van der Waals surface area (Å²) in [6.45, 7) is 0. The van der Waals surface area contributed by atoms with E-state index < -0.39 is 11.4 Å². The normalized spacial score (nSPS) is 35.5. The number of aliphatic carboxylic acids is 1. The van der Waals surface area contributed by atoms with Crippen LogP contribution in [-0.4, -0.2) is 11.1 Å². The van der Waals surface area contributed by atoms with Crippen LogP contribution < -0.4 is 0 Å². The molecule has 1 saturated carbocycles. The number of carbonyl (C=O) groups is 1. The van der Waals surface area contributed by atoms with Crippen LogP contribution in [0.5, 0.6) is 0 Å². The number of hydrogen-bond donors (Lipinski definition) is 1. The molecule has 0 unspecified atom stereocenters. The number of carboxylic acids is 1. The Bertz CT molecular complexity index is 693. The van der Waals surface area contributed by atoms with Crippen LogP contribution in [0.4, 0.5) is 0 Å². The summed E-state index contributed by atoms with van der Waals surface area (Å²) < 4.78 is 0. The zero-order valence-corrected chi connectivity index (χ0v) is 10.2. The number of fused-ring (bicyclic) bond motifs is 7. The van der Waals surface area contributed by atoms with Crippen LogP contribution >= 0.6 is 0 Å². The molecule has 0 heterocycles. The Labute approximate surface area is 110 Å². The first-order valence-electron chi connectivity index (χ1n) is 6.70. The van der Waals surface area contributed by atoms with Crippen LogP contribution in [0.25, 0.3) is 0 Å². The van der Waals surface area contributed by atoms with Crippen molar-refractivity contribution in [1.29, 1.82) is 0 Å². The largest absolute Gasteiger partial charge is 0.480 e. The van der Waals surface area contributed by atoms with Crippen molar-refractivity contribution < 1.29 is 9.90 Å². The van der Waals surface area contributed by atoms with E-state index in [1.165, 1.54) is 11.1 Å². The summed E-state index contributed by atoms with van der Waals surface area (Å²) in [5.74, 6) is 0.434. The molecule has 3 aliphatic carbocycles. The lowest BCUT2D eigenvalue weighted by Gasteiger charge is -2.25. The zero-order valence-electron chi connectivity index (χ0n) is 10.2. The molecular formula is C17H12O2. The summed E-state index contributed by atoms with van der Waals surface area (Å²) in [5.41, 5.74) is 3.80. The molecule has 0 aromatic heterocycles. The van der Waals surface area contributed by atoms with Gasteiger partial charge in [-0.2, -0.15) is 0 Å². The fourth-order valence-corrected chi connectivity index (χ4v) is 4.79. The van der Waals surface area contributed by atoms with Crippen molar-refractivity contribution in [2.45, 2.75) is 17.3 Å². The van der Waals surface area contributed by atoms with Gasteiger partial charge in [0.05, 0.1) is 0 Å². The Morgan fingerprint density at radius 2 is 1.37 bits per heavy atom. The van der Waals surface area contributed by atoms with E-state index in [2.05, 4.69) is 12.1 Å². The summed E-state index contributed by atoms with van der Waals surface area (Å²) in [6, 6.07) is 16.2. The van der Waals surface area contributed by atoms with Gasteiger partial charge in [-0.3, -0.25) is 4.79 Å². The second kappa shape index (κ2) is 2.74. The third-order valence-corrected chi connectivity index (χ3v) is 5.35. The van der Waals surface area contributed by atoms with E-state index in [4.69, 9.17) is 0 Å². The van der Waals surface area contributed by atoms with Gasteiger partial charge in [-0.25, -0.2) is 0 Å². The molecule has 2 aromatic rings. The Morgan fingerprint density at radius 1 is 0.895 bits per heavy atom. The van der Waals surface area contributed by atoms with E-state index in [0.29, 0.717) is 11.8 Å². The zero-order chi connectivity index (χ0) is 12.8. The first-order chi connectivity index (χ1) is 9.28. The van der Waals surface area contributed by atoms with Gasteiger partial charge in [-0.15, -0.1) is 0 Å². The van der Waals surface area contributed by atoms with E-state index in [1.54, 1.807) is 0 Å². The van der Waals surface area contributed by atoms with Gasteiger partial charge >= 0.3 is 5.97 Å². The summed E-state index contributed by atoms with van der Waals surface area (Å²) in [5, 5.41) is 9.98. The third-order valence-electron chi connectivity index (χ3n) is 5.35. The predicted octanol–water partition coefficient (Wildman–Crippen LogP) is 2.88. The fourth-order valence-electron chi connectivity index (χ4n) is 4.79. The first-order valence-corrected chi connectivity index (χ1v) is 6.70. The second-order valence-electron chi connectivity index (χ2n) is 5.87. The molecule has 1 fully saturated rings. The van der Waals surface area contributed by atoms with Gasteiger partial charge in [-0.05, 0) is 40.0 Å². The van der Waals surface area contributed by atoms with E-state index in [-0.39, 0.29) is 5.92 Å². The van der Waals surface area contributed by atoms with Gasteiger partial charge < -0.3 is 5.11 Å². The highest BCUT2D eigenvalue weighted by molar-refractivity contribution is 5.94. The van der Waals surface area contributed by atoms with E-state index in [9.17, 15) is 9.90 Å². The first kappa shape index (κ1) is 9.79. The van der Waals surface area contributed by atoms with Gasteiger partial charge in [0.1, 0.15) is 5.41 Å². The van der Waals surface area contributed by atoms with Gasteiger partial charge in [0, 0.05) is 0 Å². The molecule has 5 rings (SSSR count). The van der Waals surface area contributed by atoms with Crippen molar-refractivity contribution in [3.05, 3.63) is 70.8 Å². The van der Waals surface area contributed by atoms with Crippen molar-refractivity contribution in [3.8, 4) is 0 Å². The van der Waals surface area contributed by atoms with Crippen molar-refractivity contribution in [2.24, 2.45) is 5.92 Å². The maximum absolute atomic E-state index is 12.1. The molecule has 2 nitrogen and oxygen atoms in total. The Hall–Kier alpha value is -2.09. The molecule has 1 N–H and O–H groups in total. The summed E-state index contributed by atoms with van der Waals surface area (Å²) in [6.07, 6.45) is 0. The molecule has 19 heavy (non-hydrogen) atoms. The Morgan fingerprint density at radius 3 is 1.84 bits per heavy atom. The molecule has 0 spiro atoms. The highest BCUT2D eigenvalue weighted by Gasteiger charge is 2.76. The van der Waals surface area contributed by atoms with Crippen molar-refractivity contribution in [2.75, 3.05) is 0 Å². The second-order valence-corrected chi connectivity index (χ2v) is 5.87. The highest BCUT2D eigenvalue weighted by Crippen LogP contribution is 2.80. The molecule has 3 aliphatic rings. The molecule has 92 valence electrons. The maximum atomic E-state index is 12.1. The van der Waals surface area contributed by atoms with Crippen LogP contribution in [0.15, 0.2) is 48.5 Å². The fraction of sp³-hybridized carbons (Fsp3) is 0.235. The average molecular weight is 248 g/mol. The summed E-state index contributed by atoms with van der Waals surface area (Å²) in [4.78, 5) is 12.1. The Balaban J connectivity index is 1.94. The van der Waals surface area contributed by atoms with Crippen LogP contribution in [-0.2, 0) is 10.2 Å². The van der Waals surface area contributed by atoms with Crippen LogP contribution in [0.1, 0.15) is 34.1 Å². The van der Waals surface area contributed by atoms with Crippen LogP contribution in [0, 0.1) is 5.92 Å². The number of carboxylic acid groups (broad SMARTS) is 1. The van der Waals surface area contributed by atoms with Crippen molar-refractivity contribution >= 4 is 5.97 Å². The SMILES string of the molecule is O=C(O)C12c3ccccc3[C@H]3C1[C@@H]3c1ccccc12. The monoisotopic (exact) mass is 248 g/mol. The lowest BCUT2D eigenvalue weighted by Crippen LogP contribution is -2.36. The standard InChI is InChI=1S/C17H12O2/c18-16(19)17-11-7-3-1-5-9(11)13-14(15(13)17)10-6-2-4-8-12(10)17/h1-8,13-15H,(H,18,19)/t13-,14-,15?,17?/m1/s1. The molecule has 0 saturated heterocycles. The van der Waals surface area contributed by atoms with Crippen molar-refractivity contribution in [3.63, 3.8) is 0 Å². The van der Waals surface area contributed by atoms with Gasteiger partial charge in [0.25, 0.3) is 0 Å². The van der Waals surface area contributed by atoms with Crippen LogP contribution in [0.3, 0.4) is 0 Å². The molecule has 0 bridgehead atoms. The number of benzene rings is 2. The maximum Gasteiger partial charge on any atom is 0.319 e. The highest BCUT2D eigenvalue weighted by atomic mass is 16.4. The van der Waals surface area contributed by atoms with Gasteiger partial charge in [-0.1, -0.05) is 48.5 Å². The lowest BCUT2D eigenvalue weighted by molar-refractivity contribution is -0.142. The molecular weight excluding hydrogens is 236 g/mol. The van der Waals surface area contributed by atoms with Gasteiger partial charge in [0.2, 0.25) is 0 Å². The van der Waals surface area contributed by atoms with Crippen LogP contribution in [0.2, 0.25) is 0 Å². The predicted molar refractivity (Wildman–Crippen MR) is 70.3 cm³/mol. The minimum absolute atomic E-state index is 0.250. The molecule has 0 amide bonds. The Kier molecular flexibility index (Phi) is 1.41. The molecule has 0 aliphatic heterocycles. The smallest absolute Gasteiger partial charge is 0.319 e. The lowest BCUT2D eigenvalue weighted by atomic mass is 9.75. The van der Waals surface area contributed by atoms with E-state index >= 15 is 0 Å². The average Bonchev–Trinajstić information content (AvgIpc) is 3.01. The minimum Gasteiger partial charge on any atom is -0.480 e. The third kappa shape index (κ3) is 0.803. The molecule has 2 atom stereocenters. The summed E-state index contributed by atoms with van der Waals surface area (Å²) >= 11 is 0. The van der Waals surface area contributed by atoms with E-state index in [0.717, 1.165) is 11.1 Å². The topological polar surface area (TPSA) is 37.3 Å². The number of hydrogen-bond acceptors (Lipinski definition) is 1. The van der Waals surface area contributed by atoms with Gasteiger partial charge in [0.15, 0.2) is 0 Å². The molecule has 2 aromatic carbocycles. The minimum atomic E-state index is -0.775. The molecule has 0 radical (unpaired) electrons. The quantitative estimate of drug-likeness (QED) is 0.842.